The summed E-state index contributed by atoms with van der Waals surface area (Å²) in [6, 6.07) is 3.63. The Labute approximate surface area is 116 Å². The van der Waals surface area contributed by atoms with Gasteiger partial charge in [-0.2, -0.15) is 0 Å². The number of amides is 1. The number of nitrogens with zero attached hydrogens (tertiary/aromatic N) is 4. The van der Waals surface area contributed by atoms with Crippen molar-refractivity contribution in [1.29, 1.82) is 0 Å². The van der Waals surface area contributed by atoms with Crippen LogP contribution in [0.3, 0.4) is 0 Å². The van der Waals surface area contributed by atoms with Gasteiger partial charge in [-0.1, -0.05) is 0 Å². The Bertz CT molecular complexity index is 545. The lowest BCUT2D eigenvalue weighted by molar-refractivity contribution is -0.389. The summed E-state index contributed by atoms with van der Waals surface area (Å²) in [5, 5.41) is 10.6. The molecule has 0 N–H and O–H groups in total. The molecule has 1 amide bonds. The Hall–Kier alpha value is -2.02. The van der Waals surface area contributed by atoms with Gasteiger partial charge < -0.3 is 15.0 Å². The number of likely N-dealkylation sites (N-methyl/N-ethyl adjacent to an activating group) is 1. The molecule has 3 rings (SSSR count). The minimum atomic E-state index is -0.538. The van der Waals surface area contributed by atoms with Crippen LogP contribution in [0, 0.1) is 10.1 Å². The van der Waals surface area contributed by atoms with E-state index in [2.05, 4.69) is 16.9 Å². The van der Waals surface area contributed by atoms with Crippen molar-refractivity contribution in [2.24, 2.45) is 0 Å². The SMILES string of the molecule is CN1C2CCC1CN(c1ccc([N+](=O)[O-])nc1)C(=O)C2. The summed E-state index contributed by atoms with van der Waals surface area (Å²) < 4.78 is 0. The van der Waals surface area contributed by atoms with Gasteiger partial charge in [0.05, 0.1) is 5.69 Å². The number of aromatic nitrogens is 1. The lowest BCUT2D eigenvalue weighted by Crippen LogP contribution is -2.38. The molecule has 2 bridgehead atoms. The van der Waals surface area contributed by atoms with Gasteiger partial charge in [-0.05, 0) is 35.9 Å². The molecule has 106 valence electrons. The van der Waals surface area contributed by atoms with E-state index in [1.807, 2.05) is 0 Å². The van der Waals surface area contributed by atoms with Gasteiger partial charge in [0.15, 0.2) is 6.20 Å². The van der Waals surface area contributed by atoms with Crippen LogP contribution in [0.5, 0.6) is 0 Å². The first-order chi connectivity index (χ1) is 9.56. The van der Waals surface area contributed by atoms with E-state index in [0.29, 0.717) is 30.7 Å². The van der Waals surface area contributed by atoms with Crippen LogP contribution < -0.4 is 4.90 Å². The van der Waals surface area contributed by atoms with E-state index in [0.717, 1.165) is 12.8 Å². The summed E-state index contributed by atoms with van der Waals surface area (Å²) in [5.41, 5.74) is 0.640. The second-order valence-electron chi connectivity index (χ2n) is 5.39. The molecule has 3 heterocycles. The molecular formula is C13H16N4O3. The minimum Gasteiger partial charge on any atom is -0.358 e. The van der Waals surface area contributed by atoms with Gasteiger partial charge in [-0.3, -0.25) is 9.69 Å². The number of fused-ring (bicyclic) bond motifs is 2. The number of carbonyl (C=O) groups excluding carboxylic acids is 1. The quantitative estimate of drug-likeness (QED) is 0.598. The Balaban J connectivity index is 1.85. The van der Waals surface area contributed by atoms with Gasteiger partial charge >= 0.3 is 5.82 Å². The first-order valence-corrected chi connectivity index (χ1v) is 6.69. The zero-order valence-electron chi connectivity index (χ0n) is 11.2. The molecule has 0 spiro atoms. The number of hydrogen-bond donors (Lipinski definition) is 0. The number of anilines is 1. The van der Waals surface area contributed by atoms with Crippen molar-refractivity contribution in [3.05, 3.63) is 28.4 Å². The normalized spacial score (nSPS) is 26.6. The molecule has 0 saturated carbocycles. The lowest BCUT2D eigenvalue weighted by Gasteiger charge is -2.25. The summed E-state index contributed by atoms with van der Waals surface area (Å²) in [6.07, 6.45) is 4.07. The van der Waals surface area contributed by atoms with Crippen molar-refractivity contribution >= 4 is 17.4 Å². The van der Waals surface area contributed by atoms with Crippen LogP contribution in [0.1, 0.15) is 19.3 Å². The van der Waals surface area contributed by atoms with Crippen LogP contribution in [0.15, 0.2) is 18.3 Å². The van der Waals surface area contributed by atoms with E-state index in [9.17, 15) is 14.9 Å². The summed E-state index contributed by atoms with van der Waals surface area (Å²) >= 11 is 0. The van der Waals surface area contributed by atoms with Crippen molar-refractivity contribution in [2.75, 3.05) is 18.5 Å². The molecule has 2 aliphatic heterocycles. The van der Waals surface area contributed by atoms with Crippen molar-refractivity contribution in [2.45, 2.75) is 31.3 Å². The van der Waals surface area contributed by atoms with Crippen molar-refractivity contribution in [3.8, 4) is 0 Å². The molecular weight excluding hydrogens is 260 g/mol. The van der Waals surface area contributed by atoms with E-state index < -0.39 is 4.92 Å². The predicted octanol–water partition coefficient (Wildman–Crippen LogP) is 1.19. The third-order valence-corrected chi connectivity index (χ3v) is 4.32. The van der Waals surface area contributed by atoms with Gasteiger partial charge in [0.1, 0.15) is 0 Å². The summed E-state index contributed by atoms with van der Waals surface area (Å²) in [5.74, 6) is -0.130. The van der Waals surface area contributed by atoms with Gasteiger partial charge in [0.2, 0.25) is 5.91 Å². The molecule has 2 atom stereocenters. The van der Waals surface area contributed by atoms with E-state index in [-0.39, 0.29) is 11.7 Å². The Morgan fingerprint density at radius 3 is 2.75 bits per heavy atom. The number of pyridine rings is 1. The summed E-state index contributed by atoms with van der Waals surface area (Å²) in [4.78, 5) is 30.2. The second kappa shape index (κ2) is 4.82. The number of hydrogen-bond acceptors (Lipinski definition) is 5. The van der Waals surface area contributed by atoms with Crippen LogP contribution in [0.4, 0.5) is 11.5 Å². The van der Waals surface area contributed by atoms with Crippen molar-refractivity contribution < 1.29 is 9.72 Å². The average molecular weight is 276 g/mol. The highest BCUT2D eigenvalue weighted by atomic mass is 16.6. The van der Waals surface area contributed by atoms with Gasteiger partial charge in [0, 0.05) is 31.1 Å². The Kier molecular flexibility index (Phi) is 3.13. The van der Waals surface area contributed by atoms with Crippen molar-refractivity contribution in [3.63, 3.8) is 0 Å². The Morgan fingerprint density at radius 2 is 2.10 bits per heavy atom. The fraction of sp³-hybridized carbons (Fsp3) is 0.538. The molecule has 2 unspecified atom stereocenters. The van der Waals surface area contributed by atoms with E-state index in [1.54, 1.807) is 11.0 Å². The molecule has 2 fully saturated rings. The number of rotatable bonds is 2. The maximum atomic E-state index is 12.3. The van der Waals surface area contributed by atoms with Gasteiger partial charge in [-0.25, -0.2) is 0 Å². The largest absolute Gasteiger partial charge is 0.363 e. The standard InChI is InChI=1S/C13H16N4O3/c1-15-9-2-3-11(15)8-16(13(18)6-9)10-4-5-12(14-7-10)17(19)20/h4-5,7,9,11H,2-3,6,8H2,1H3. The zero-order chi connectivity index (χ0) is 14.3. The van der Waals surface area contributed by atoms with E-state index in [4.69, 9.17) is 0 Å². The van der Waals surface area contributed by atoms with Crippen LogP contribution in [-0.4, -0.2) is 46.4 Å². The fourth-order valence-corrected chi connectivity index (χ4v) is 3.08. The first kappa shape index (κ1) is 13.0. The highest BCUT2D eigenvalue weighted by Crippen LogP contribution is 2.31. The zero-order valence-corrected chi connectivity index (χ0v) is 11.2. The Morgan fingerprint density at radius 1 is 1.35 bits per heavy atom. The monoisotopic (exact) mass is 276 g/mol. The molecule has 0 aromatic carbocycles. The number of nitro groups is 1. The van der Waals surface area contributed by atoms with Gasteiger partial charge in [-0.15, -0.1) is 0 Å². The van der Waals surface area contributed by atoms with Crippen LogP contribution in [0.25, 0.3) is 0 Å². The first-order valence-electron chi connectivity index (χ1n) is 6.69. The smallest absolute Gasteiger partial charge is 0.358 e. The molecule has 2 aliphatic rings. The molecule has 7 nitrogen and oxygen atoms in total. The number of carbonyl (C=O) groups is 1. The average Bonchev–Trinajstić information content (AvgIpc) is 2.70. The third-order valence-electron chi connectivity index (χ3n) is 4.32. The van der Waals surface area contributed by atoms with E-state index in [1.165, 1.54) is 12.3 Å². The molecule has 0 aliphatic carbocycles. The summed E-state index contributed by atoms with van der Waals surface area (Å²) in [7, 11) is 2.06. The van der Waals surface area contributed by atoms with Crippen LogP contribution >= 0.6 is 0 Å². The molecule has 2 saturated heterocycles. The van der Waals surface area contributed by atoms with Gasteiger partial charge in [0.25, 0.3) is 0 Å². The molecule has 0 radical (unpaired) electrons. The molecule has 7 heteroatoms. The lowest BCUT2D eigenvalue weighted by atomic mass is 10.1. The van der Waals surface area contributed by atoms with Crippen LogP contribution in [0.2, 0.25) is 0 Å². The van der Waals surface area contributed by atoms with E-state index >= 15 is 0 Å². The molecule has 20 heavy (non-hydrogen) atoms. The highest BCUT2D eigenvalue weighted by Gasteiger charge is 2.38. The maximum absolute atomic E-state index is 12.3. The highest BCUT2D eigenvalue weighted by molar-refractivity contribution is 5.94. The maximum Gasteiger partial charge on any atom is 0.363 e. The topological polar surface area (TPSA) is 79.6 Å². The van der Waals surface area contributed by atoms with Crippen molar-refractivity contribution in [1.82, 2.24) is 9.88 Å². The molecule has 1 aromatic heterocycles. The minimum absolute atomic E-state index is 0.0692. The third kappa shape index (κ3) is 2.14. The predicted molar refractivity (Wildman–Crippen MR) is 72.4 cm³/mol. The van der Waals surface area contributed by atoms with Crippen LogP contribution in [-0.2, 0) is 4.79 Å². The summed E-state index contributed by atoms with van der Waals surface area (Å²) in [6.45, 7) is 0.630. The fourth-order valence-electron chi connectivity index (χ4n) is 3.08. The molecule has 1 aromatic rings. The second-order valence-corrected chi connectivity index (χ2v) is 5.39.